The molecule has 1 fully saturated rings. The zero-order valence-electron chi connectivity index (χ0n) is 8.68. The Morgan fingerprint density at radius 3 is 2.87 bits per heavy atom. The summed E-state index contributed by atoms with van der Waals surface area (Å²) in [5.41, 5.74) is 1.16. The highest BCUT2D eigenvalue weighted by Gasteiger charge is 2.53. The lowest BCUT2D eigenvalue weighted by Gasteiger charge is -2.15. The van der Waals surface area contributed by atoms with E-state index in [0.29, 0.717) is 0 Å². The Morgan fingerprint density at radius 1 is 1.60 bits per heavy atom. The minimum absolute atomic E-state index is 0.213. The lowest BCUT2D eigenvalue weighted by molar-refractivity contribution is -0.117. The third-order valence-electron chi connectivity index (χ3n) is 2.57. The minimum Gasteiger partial charge on any atom is -0.386 e. The number of hydrogen-bond acceptors (Lipinski definition) is 4. The molecular formula is C11H14O4. The zero-order chi connectivity index (χ0) is 11.2. The van der Waals surface area contributed by atoms with Gasteiger partial charge in [-0.05, 0) is 19.9 Å². The molecule has 0 saturated carbocycles. The van der Waals surface area contributed by atoms with Gasteiger partial charge in [-0.2, -0.15) is 0 Å². The first-order chi connectivity index (χ1) is 7.00. The summed E-state index contributed by atoms with van der Waals surface area (Å²) in [5, 5.41) is 19.2. The molecule has 15 heavy (non-hydrogen) atoms. The van der Waals surface area contributed by atoms with Crippen molar-refractivity contribution in [2.45, 2.75) is 38.3 Å². The van der Waals surface area contributed by atoms with E-state index in [9.17, 15) is 15.0 Å². The fraction of sp³-hybridized carbons (Fsp3) is 0.545. The van der Waals surface area contributed by atoms with Crippen LogP contribution in [0.5, 0.6) is 0 Å². The highest BCUT2D eigenvalue weighted by Crippen LogP contribution is 2.35. The minimum atomic E-state index is -0.942. The fourth-order valence-electron chi connectivity index (χ4n) is 1.77. The van der Waals surface area contributed by atoms with Gasteiger partial charge in [-0.3, -0.25) is 4.79 Å². The molecule has 0 radical (unpaired) electrons. The van der Waals surface area contributed by atoms with Crippen LogP contribution < -0.4 is 0 Å². The van der Waals surface area contributed by atoms with Crippen LogP contribution in [0.2, 0.25) is 0 Å². The van der Waals surface area contributed by atoms with Gasteiger partial charge in [0.1, 0.15) is 24.4 Å². The number of carbonyl (C=O) groups is 1. The van der Waals surface area contributed by atoms with Crippen LogP contribution in [0, 0.1) is 0 Å². The Hall–Kier alpha value is -0.970. The van der Waals surface area contributed by atoms with Crippen LogP contribution >= 0.6 is 0 Å². The van der Waals surface area contributed by atoms with E-state index in [1.165, 1.54) is 6.08 Å². The van der Waals surface area contributed by atoms with Crippen LogP contribution in [0.3, 0.4) is 0 Å². The molecule has 1 heterocycles. The molecule has 0 aromatic rings. The Balaban J connectivity index is 2.21. The Bertz CT molecular complexity index is 352. The lowest BCUT2D eigenvalue weighted by atomic mass is 9.92. The standard InChI is InChI=1S/C11H14O4/c1-5(2)3-7(12)6-4-8(13)10-11(15-10)9(6)14/h3-4,7-8,10-13H,1-2H3/t7-,8+,10-,11+/m0/s1. The molecule has 0 amide bonds. The number of aliphatic hydroxyl groups excluding tert-OH is 2. The second-order valence-corrected chi connectivity index (χ2v) is 4.19. The maximum absolute atomic E-state index is 11.6. The Labute approximate surface area is 87.9 Å². The third-order valence-corrected chi connectivity index (χ3v) is 2.57. The van der Waals surface area contributed by atoms with Crippen LogP contribution in [0.15, 0.2) is 23.3 Å². The predicted molar refractivity (Wildman–Crippen MR) is 53.2 cm³/mol. The first kappa shape index (κ1) is 10.5. The number of carbonyl (C=O) groups excluding carboxylic acids is 1. The first-order valence-corrected chi connectivity index (χ1v) is 4.93. The maximum Gasteiger partial charge on any atom is 0.193 e. The van der Waals surface area contributed by atoms with Crippen LogP contribution in [-0.4, -0.2) is 40.4 Å². The molecule has 4 atom stereocenters. The molecule has 82 valence electrons. The van der Waals surface area contributed by atoms with E-state index in [1.54, 1.807) is 6.08 Å². The summed E-state index contributed by atoms with van der Waals surface area (Å²) >= 11 is 0. The van der Waals surface area contributed by atoms with Crippen molar-refractivity contribution >= 4 is 5.78 Å². The van der Waals surface area contributed by atoms with Crippen molar-refractivity contribution in [2.24, 2.45) is 0 Å². The Kier molecular flexibility index (Phi) is 2.50. The normalized spacial score (nSPS) is 35.3. The number of aliphatic hydroxyl groups is 2. The van der Waals surface area contributed by atoms with E-state index in [2.05, 4.69) is 0 Å². The van der Waals surface area contributed by atoms with Crippen LogP contribution in [0.1, 0.15) is 13.8 Å². The highest BCUT2D eigenvalue weighted by molar-refractivity contribution is 6.03. The van der Waals surface area contributed by atoms with Crippen molar-refractivity contribution in [1.82, 2.24) is 0 Å². The zero-order valence-corrected chi connectivity index (χ0v) is 8.68. The molecule has 2 rings (SSSR count). The average molecular weight is 210 g/mol. The van der Waals surface area contributed by atoms with E-state index in [4.69, 9.17) is 4.74 Å². The number of ketones is 1. The van der Waals surface area contributed by atoms with Crippen LogP contribution in [0.4, 0.5) is 0 Å². The maximum atomic E-state index is 11.6. The second-order valence-electron chi connectivity index (χ2n) is 4.19. The van der Waals surface area contributed by atoms with E-state index in [1.807, 2.05) is 13.8 Å². The number of fused-ring (bicyclic) bond motifs is 1. The monoisotopic (exact) mass is 210 g/mol. The van der Waals surface area contributed by atoms with Crippen molar-refractivity contribution in [1.29, 1.82) is 0 Å². The average Bonchev–Trinajstić information content (AvgIpc) is 2.89. The fourth-order valence-corrected chi connectivity index (χ4v) is 1.77. The van der Waals surface area contributed by atoms with Gasteiger partial charge in [0.25, 0.3) is 0 Å². The number of epoxide rings is 1. The van der Waals surface area contributed by atoms with Gasteiger partial charge in [0.05, 0.1) is 0 Å². The summed E-state index contributed by atoms with van der Waals surface area (Å²) in [7, 11) is 0. The quantitative estimate of drug-likeness (QED) is 0.495. The van der Waals surface area contributed by atoms with Gasteiger partial charge in [0.15, 0.2) is 5.78 Å². The smallest absolute Gasteiger partial charge is 0.193 e. The van der Waals surface area contributed by atoms with E-state index < -0.39 is 18.3 Å². The molecule has 0 unspecified atom stereocenters. The summed E-state index contributed by atoms with van der Waals surface area (Å²) < 4.78 is 5.00. The van der Waals surface area contributed by atoms with Gasteiger partial charge in [-0.15, -0.1) is 0 Å². The summed E-state index contributed by atoms with van der Waals surface area (Å²) in [4.78, 5) is 11.6. The molecule has 0 spiro atoms. The van der Waals surface area contributed by atoms with E-state index in [0.717, 1.165) is 5.57 Å². The number of allylic oxidation sites excluding steroid dienone is 1. The molecule has 1 aliphatic carbocycles. The van der Waals surface area contributed by atoms with Crippen molar-refractivity contribution in [3.63, 3.8) is 0 Å². The third kappa shape index (κ3) is 1.88. The van der Waals surface area contributed by atoms with Crippen molar-refractivity contribution in [2.75, 3.05) is 0 Å². The highest BCUT2D eigenvalue weighted by atomic mass is 16.6. The topological polar surface area (TPSA) is 70.1 Å². The van der Waals surface area contributed by atoms with Gasteiger partial charge < -0.3 is 14.9 Å². The van der Waals surface area contributed by atoms with E-state index in [-0.39, 0.29) is 17.5 Å². The van der Waals surface area contributed by atoms with Gasteiger partial charge in [0, 0.05) is 5.57 Å². The van der Waals surface area contributed by atoms with Crippen molar-refractivity contribution in [3.8, 4) is 0 Å². The van der Waals surface area contributed by atoms with Gasteiger partial charge in [-0.1, -0.05) is 11.6 Å². The number of rotatable bonds is 2. The van der Waals surface area contributed by atoms with Crippen LogP contribution in [-0.2, 0) is 9.53 Å². The van der Waals surface area contributed by atoms with Gasteiger partial charge >= 0.3 is 0 Å². The molecule has 4 heteroatoms. The van der Waals surface area contributed by atoms with Gasteiger partial charge in [-0.25, -0.2) is 0 Å². The van der Waals surface area contributed by atoms with Gasteiger partial charge in [0.2, 0.25) is 0 Å². The molecular weight excluding hydrogens is 196 g/mol. The lowest BCUT2D eigenvalue weighted by Crippen LogP contribution is -2.31. The Morgan fingerprint density at radius 2 is 2.27 bits per heavy atom. The molecule has 2 N–H and O–H groups in total. The number of ether oxygens (including phenoxy) is 1. The molecule has 0 aromatic carbocycles. The molecule has 1 aliphatic heterocycles. The predicted octanol–water partition coefficient (Wildman–Crippen LogP) is -0.0491. The first-order valence-electron chi connectivity index (χ1n) is 4.93. The summed E-state index contributed by atoms with van der Waals surface area (Å²) in [6.07, 6.45) is 0.324. The molecule has 1 saturated heterocycles. The largest absolute Gasteiger partial charge is 0.386 e. The van der Waals surface area contributed by atoms with Crippen molar-refractivity contribution < 1.29 is 19.7 Å². The van der Waals surface area contributed by atoms with E-state index >= 15 is 0 Å². The molecule has 0 aromatic heterocycles. The second kappa shape index (κ2) is 3.56. The molecule has 4 nitrogen and oxygen atoms in total. The summed E-state index contributed by atoms with van der Waals surface area (Å²) in [5.74, 6) is -0.213. The summed E-state index contributed by atoms with van der Waals surface area (Å²) in [6.45, 7) is 3.67. The molecule has 0 bridgehead atoms. The van der Waals surface area contributed by atoms with Crippen LogP contribution in [0.25, 0.3) is 0 Å². The molecule has 2 aliphatic rings. The number of hydrogen-bond donors (Lipinski definition) is 2. The van der Waals surface area contributed by atoms with Crippen molar-refractivity contribution in [3.05, 3.63) is 23.3 Å². The number of Topliss-reactive ketones (excluding diaryl/α,β-unsaturated/α-hetero) is 1. The SMILES string of the molecule is CC(C)=C[C@H](O)C1=C[C@@H](O)[C@@H]2O[C@@H]2C1=O. The summed E-state index contributed by atoms with van der Waals surface area (Å²) in [6, 6.07) is 0.